The summed E-state index contributed by atoms with van der Waals surface area (Å²) < 4.78 is 1.08. The van der Waals surface area contributed by atoms with E-state index in [-0.39, 0.29) is 0 Å². The molecule has 0 fully saturated rings. The predicted octanol–water partition coefficient (Wildman–Crippen LogP) is 4.03. The molecule has 0 aliphatic rings. The van der Waals surface area contributed by atoms with E-state index in [0.29, 0.717) is 0 Å². The van der Waals surface area contributed by atoms with Crippen molar-refractivity contribution >= 4 is 54.6 Å². The lowest BCUT2D eigenvalue weighted by atomic mass is 10.1. The van der Waals surface area contributed by atoms with Crippen molar-refractivity contribution < 1.29 is 0 Å². The molecule has 2 aromatic rings. The Balaban J connectivity index is 2.80. The Hall–Kier alpha value is -0.250. The van der Waals surface area contributed by atoms with E-state index in [1.165, 1.54) is 0 Å². The molecule has 0 bridgehead atoms. The highest BCUT2D eigenvalue weighted by atomic mass is 79.9. The van der Waals surface area contributed by atoms with Gasteiger partial charge in [0.2, 0.25) is 0 Å². The van der Waals surface area contributed by atoms with Crippen LogP contribution in [0.2, 0.25) is 5.02 Å². The first-order chi connectivity index (χ1) is 6.22. The molecule has 13 heavy (non-hydrogen) atoms. The van der Waals surface area contributed by atoms with Crippen molar-refractivity contribution in [2.24, 2.45) is 0 Å². The smallest absolute Gasteiger partial charge is 0.0592 e. The van der Waals surface area contributed by atoms with Gasteiger partial charge >= 0.3 is 0 Å². The van der Waals surface area contributed by atoms with Gasteiger partial charge in [-0.25, -0.2) is 0 Å². The molecule has 0 radical (unpaired) electrons. The first-order valence-electron chi connectivity index (χ1n) is 3.73. The zero-order valence-corrected chi connectivity index (χ0v) is 9.84. The second-order valence-corrected chi connectivity index (χ2v) is 4.63. The van der Waals surface area contributed by atoms with E-state index in [1.807, 2.05) is 11.4 Å². The Morgan fingerprint density at radius 3 is 2.92 bits per heavy atom. The van der Waals surface area contributed by atoms with Crippen molar-refractivity contribution in [3.63, 3.8) is 0 Å². The molecular weight excluding hydrogens is 270 g/mol. The van der Waals surface area contributed by atoms with E-state index in [1.54, 1.807) is 11.3 Å². The van der Waals surface area contributed by atoms with Crippen molar-refractivity contribution in [2.45, 2.75) is 5.33 Å². The minimum atomic E-state index is 0.787. The van der Waals surface area contributed by atoms with Crippen LogP contribution in [-0.2, 0) is 5.33 Å². The monoisotopic (exact) mass is 275 g/mol. The van der Waals surface area contributed by atoms with Gasteiger partial charge in [-0.2, -0.15) is 0 Å². The van der Waals surface area contributed by atoms with Crippen molar-refractivity contribution in [1.29, 1.82) is 0 Å². The Bertz CT molecular complexity index is 452. The average molecular weight is 277 g/mol. The van der Waals surface area contributed by atoms with E-state index < -0.39 is 0 Å². The second kappa shape index (κ2) is 3.48. The highest BCUT2D eigenvalue weighted by molar-refractivity contribution is 9.08. The standard InChI is InChI=1S/C9H7BrClNS/c10-3-5-1-6-7(11)4-13-9(6)8(12)2-5/h1-2,4H,3,12H2. The number of alkyl halides is 1. The molecule has 0 spiro atoms. The number of halogens is 2. The van der Waals surface area contributed by atoms with Crippen LogP contribution in [0.5, 0.6) is 0 Å². The van der Waals surface area contributed by atoms with E-state index in [9.17, 15) is 0 Å². The maximum atomic E-state index is 6.01. The molecular formula is C9H7BrClNS. The summed E-state index contributed by atoms with van der Waals surface area (Å²) in [5.74, 6) is 0. The van der Waals surface area contributed by atoms with Gasteiger partial charge in [0.1, 0.15) is 0 Å². The van der Waals surface area contributed by atoms with Gasteiger partial charge in [-0.3, -0.25) is 0 Å². The van der Waals surface area contributed by atoms with E-state index >= 15 is 0 Å². The summed E-state index contributed by atoms with van der Waals surface area (Å²) in [4.78, 5) is 0. The third-order valence-corrected chi connectivity index (χ3v) is 4.00. The summed E-state index contributed by atoms with van der Waals surface area (Å²) in [5, 5.41) is 4.57. The molecule has 0 saturated heterocycles. The number of hydrogen-bond donors (Lipinski definition) is 1. The van der Waals surface area contributed by atoms with Crippen LogP contribution >= 0.6 is 38.9 Å². The van der Waals surface area contributed by atoms with Crippen LogP contribution < -0.4 is 5.73 Å². The van der Waals surface area contributed by atoms with Crippen LogP contribution in [0.15, 0.2) is 17.5 Å². The Morgan fingerprint density at radius 1 is 1.46 bits per heavy atom. The van der Waals surface area contributed by atoms with E-state index in [0.717, 1.165) is 31.7 Å². The lowest BCUT2D eigenvalue weighted by Gasteiger charge is -2.00. The molecule has 0 aliphatic heterocycles. The predicted molar refractivity (Wildman–Crippen MR) is 63.9 cm³/mol. The van der Waals surface area contributed by atoms with Gasteiger partial charge in [-0.1, -0.05) is 27.5 Å². The molecule has 0 aliphatic carbocycles. The fourth-order valence-electron chi connectivity index (χ4n) is 1.27. The van der Waals surface area contributed by atoms with Gasteiger partial charge in [-0.05, 0) is 17.7 Å². The van der Waals surface area contributed by atoms with Gasteiger partial charge in [0, 0.05) is 21.8 Å². The Labute approximate surface area is 93.6 Å². The third-order valence-electron chi connectivity index (χ3n) is 1.87. The fourth-order valence-corrected chi connectivity index (χ4v) is 2.78. The van der Waals surface area contributed by atoms with Crippen molar-refractivity contribution in [3.8, 4) is 0 Å². The normalized spacial score (nSPS) is 10.9. The molecule has 0 unspecified atom stereocenters. The zero-order valence-electron chi connectivity index (χ0n) is 6.68. The molecule has 0 atom stereocenters. The fraction of sp³-hybridized carbons (Fsp3) is 0.111. The number of rotatable bonds is 1. The summed E-state index contributed by atoms with van der Waals surface area (Å²) in [5.41, 5.74) is 7.84. The second-order valence-electron chi connectivity index (χ2n) is 2.78. The number of nitrogens with two attached hydrogens (primary N) is 1. The highest BCUT2D eigenvalue weighted by Crippen LogP contribution is 2.35. The molecule has 1 aromatic carbocycles. The van der Waals surface area contributed by atoms with E-state index in [4.69, 9.17) is 17.3 Å². The van der Waals surface area contributed by atoms with Crippen molar-refractivity contribution in [3.05, 3.63) is 28.1 Å². The number of fused-ring (bicyclic) bond motifs is 1. The largest absolute Gasteiger partial charge is 0.398 e. The zero-order chi connectivity index (χ0) is 9.42. The van der Waals surface area contributed by atoms with Crippen LogP contribution in [-0.4, -0.2) is 0 Å². The van der Waals surface area contributed by atoms with Crippen LogP contribution in [0.25, 0.3) is 10.1 Å². The minimum Gasteiger partial charge on any atom is -0.398 e. The molecule has 68 valence electrons. The van der Waals surface area contributed by atoms with Crippen molar-refractivity contribution in [1.82, 2.24) is 0 Å². The maximum Gasteiger partial charge on any atom is 0.0592 e. The topological polar surface area (TPSA) is 26.0 Å². The van der Waals surface area contributed by atoms with Crippen LogP contribution in [0.4, 0.5) is 5.69 Å². The molecule has 1 heterocycles. The summed E-state index contributed by atoms with van der Waals surface area (Å²) in [6.07, 6.45) is 0. The molecule has 0 amide bonds. The maximum absolute atomic E-state index is 6.01. The van der Waals surface area contributed by atoms with Gasteiger partial charge in [0.25, 0.3) is 0 Å². The Kier molecular flexibility index (Phi) is 2.49. The molecule has 2 rings (SSSR count). The lowest BCUT2D eigenvalue weighted by molar-refractivity contribution is 1.47. The summed E-state index contributed by atoms with van der Waals surface area (Å²) >= 11 is 11.0. The Morgan fingerprint density at radius 2 is 2.23 bits per heavy atom. The van der Waals surface area contributed by atoms with Crippen LogP contribution in [0.1, 0.15) is 5.56 Å². The van der Waals surface area contributed by atoms with Crippen molar-refractivity contribution in [2.75, 3.05) is 5.73 Å². The summed E-state index contributed by atoms with van der Waals surface area (Å²) in [6.45, 7) is 0. The minimum absolute atomic E-state index is 0.787. The number of hydrogen-bond acceptors (Lipinski definition) is 2. The molecule has 1 aromatic heterocycles. The lowest BCUT2D eigenvalue weighted by Crippen LogP contribution is -1.87. The molecule has 0 saturated carbocycles. The van der Waals surface area contributed by atoms with Gasteiger partial charge in [0.15, 0.2) is 0 Å². The van der Waals surface area contributed by atoms with Gasteiger partial charge < -0.3 is 5.73 Å². The molecule has 2 N–H and O–H groups in total. The van der Waals surface area contributed by atoms with E-state index in [2.05, 4.69) is 22.0 Å². The average Bonchev–Trinajstić information content (AvgIpc) is 2.48. The van der Waals surface area contributed by atoms with Gasteiger partial charge in [-0.15, -0.1) is 11.3 Å². The SMILES string of the molecule is Nc1cc(CBr)cc2c(Cl)csc12. The quantitative estimate of drug-likeness (QED) is 0.617. The first kappa shape index (κ1) is 9.31. The number of thiophene rings is 1. The van der Waals surface area contributed by atoms with Gasteiger partial charge in [0.05, 0.1) is 9.72 Å². The first-order valence-corrected chi connectivity index (χ1v) is 6.11. The molecule has 1 nitrogen and oxygen atoms in total. The number of nitrogen functional groups attached to an aromatic ring is 1. The number of anilines is 1. The highest BCUT2D eigenvalue weighted by Gasteiger charge is 2.06. The summed E-state index contributed by atoms with van der Waals surface area (Å²) in [7, 11) is 0. The van der Waals surface area contributed by atoms with Crippen LogP contribution in [0.3, 0.4) is 0 Å². The number of benzene rings is 1. The van der Waals surface area contributed by atoms with Crippen LogP contribution in [0, 0.1) is 0 Å². The third kappa shape index (κ3) is 1.56. The molecule has 4 heteroatoms. The summed E-state index contributed by atoms with van der Waals surface area (Å²) in [6, 6.07) is 4.04.